The molecule has 0 aromatic carbocycles. The van der Waals surface area contributed by atoms with Crippen LogP contribution in [0.4, 0.5) is 0 Å². The summed E-state index contributed by atoms with van der Waals surface area (Å²) in [6, 6.07) is -0.608. The number of hydrogen-bond acceptors (Lipinski definition) is 4. The molecule has 1 aliphatic heterocycles. The molecule has 0 amide bonds. The minimum Gasteiger partial charge on any atom is -0.461 e. The Hall–Kier alpha value is -0.620. The summed E-state index contributed by atoms with van der Waals surface area (Å²) in [5.41, 5.74) is 0. The molecule has 4 atom stereocenters. The van der Waals surface area contributed by atoms with Crippen molar-refractivity contribution < 1.29 is 17.9 Å². The number of ether oxygens (including phenoxy) is 1. The van der Waals surface area contributed by atoms with Crippen LogP contribution in [0, 0.1) is 11.8 Å². The van der Waals surface area contributed by atoms with Crippen LogP contribution in [0.25, 0.3) is 0 Å². The molecular formula is C17H29NO4S. The molecule has 2 aliphatic carbocycles. The second-order valence-electron chi connectivity index (χ2n) is 7.56. The van der Waals surface area contributed by atoms with Crippen LogP contribution >= 0.6 is 0 Å². The monoisotopic (exact) mass is 343 g/mol. The smallest absolute Gasteiger partial charge is 0.324 e. The Kier molecular flexibility index (Phi) is 5.31. The van der Waals surface area contributed by atoms with Crippen LogP contribution in [0.2, 0.25) is 0 Å². The lowest BCUT2D eigenvalue weighted by Gasteiger charge is -2.40. The van der Waals surface area contributed by atoms with E-state index in [-0.39, 0.29) is 12.1 Å². The lowest BCUT2D eigenvalue weighted by atomic mass is 9.70. The molecule has 0 N–H and O–H groups in total. The second kappa shape index (κ2) is 7.09. The molecule has 3 aliphatic rings. The van der Waals surface area contributed by atoms with Gasteiger partial charge in [-0.15, -0.1) is 0 Å². The summed E-state index contributed by atoms with van der Waals surface area (Å²) in [7, 11) is -3.35. The van der Waals surface area contributed by atoms with Crippen molar-refractivity contribution in [1.82, 2.24) is 4.31 Å². The third-order valence-corrected chi connectivity index (χ3v) is 7.22. The van der Waals surface area contributed by atoms with E-state index < -0.39 is 16.1 Å². The Morgan fingerprint density at radius 1 is 0.957 bits per heavy atom. The first-order chi connectivity index (χ1) is 10.9. The number of esters is 1. The van der Waals surface area contributed by atoms with Gasteiger partial charge in [-0.2, -0.15) is 4.31 Å². The van der Waals surface area contributed by atoms with Crippen LogP contribution in [0.1, 0.15) is 64.2 Å². The predicted octanol–water partition coefficient (Wildman–Crippen LogP) is 2.70. The number of rotatable bonds is 3. The van der Waals surface area contributed by atoms with E-state index in [1.165, 1.54) is 36.2 Å². The van der Waals surface area contributed by atoms with Crippen molar-refractivity contribution in [1.29, 1.82) is 0 Å². The average molecular weight is 343 g/mol. The topological polar surface area (TPSA) is 63.7 Å². The number of carbonyl (C=O) groups is 1. The van der Waals surface area contributed by atoms with Crippen LogP contribution in [0.15, 0.2) is 0 Å². The molecule has 2 saturated carbocycles. The zero-order valence-electron chi connectivity index (χ0n) is 14.1. The van der Waals surface area contributed by atoms with Crippen LogP contribution < -0.4 is 0 Å². The van der Waals surface area contributed by atoms with Crippen molar-refractivity contribution in [2.75, 3.05) is 12.8 Å². The Labute approximate surface area is 139 Å². The fourth-order valence-corrected chi connectivity index (χ4v) is 5.83. The van der Waals surface area contributed by atoms with Gasteiger partial charge in [-0.1, -0.05) is 25.7 Å². The summed E-state index contributed by atoms with van der Waals surface area (Å²) in [4.78, 5) is 12.6. The first kappa shape index (κ1) is 17.2. The fourth-order valence-electron chi connectivity index (χ4n) is 4.72. The first-order valence-electron chi connectivity index (χ1n) is 9.12. The number of piperidine rings is 1. The highest BCUT2D eigenvalue weighted by atomic mass is 32.2. The van der Waals surface area contributed by atoms with E-state index >= 15 is 0 Å². The zero-order chi connectivity index (χ0) is 16.4. The molecule has 3 rings (SSSR count). The van der Waals surface area contributed by atoms with Crippen molar-refractivity contribution >= 4 is 16.0 Å². The fraction of sp³-hybridized carbons (Fsp3) is 0.941. The summed E-state index contributed by atoms with van der Waals surface area (Å²) in [5, 5.41) is 0. The van der Waals surface area contributed by atoms with Crippen molar-refractivity contribution in [3.05, 3.63) is 0 Å². The Bertz CT molecular complexity index is 533. The van der Waals surface area contributed by atoms with E-state index in [1.54, 1.807) is 0 Å². The molecule has 0 spiro atoms. The van der Waals surface area contributed by atoms with Crippen LogP contribution in [-0.2, 0) is 19.6 Å². The largest absolute Gasteiger partial charge is 0.461 e. The molecule has 1 heterocycles. The third kappa shape index (κ3) is 4.08. The molecule has 5 nitrogen and oxygen atoms in total. The average Bonchev–Trinajstić information content (AvgIpc) is 2.54. The van der Waals surface area contributed by atoms with Gasteiger partial charge < -0.3 is 4.74 Å². The molecule has 6 heteroatoms. The van der Waals surface area contributed by atoms with Gasteiger partial charge in [0.05, 0.1) is 6.26 Å². The SMILES string of the molecule is CS(=O)(=O)N1CCCC[C@@H]1C(=O)O[C@@H]1CC[C@H]2CCCC[C@H]2C1. The zero-order valence-corrected chi connectivity index (χ0v) is 14.9. The van der Waals surface area contributed by atoms with Crippen LogP contribution in [-0.4, -0.2) is 43.6 Å². The van der Waals surface area contributed by atoms with Gasteiger partial charge in [0.15, 0.2) is 0 Å². The first-order valence-corrected chi connectivity index (χ1v) is 11.0. The van der Waals surface area contributed by atoms with Crippen molar-refractivity contribution in [2.45, 2.75) is 76.4 Å². The quantitative estimate of drug-likeness (QED) is 0.739. The molecule has 0 aromatic rings. The highest BCUT2D eigenvalue weighted by molar-refractivity contribution is 7.88. The summed E-state index contributed by atoms with van der Waals surface area (Å²) in [5.74, 6) is 1.20. The van der Waals surface area contributed by atoms with Crippen LogP contribution in [0.5, 0.6) is 0 Å². The highest BCUT2D eigenvalue weighted by Gasteiger charge is 2.38. The van der Waals surface area contributed by atoms with Gasteiger partial charge in [0.1, 0.15) is 12.1 Å². The minimum atomic E-state index is -3.35. The molecular weight excluding hydrogens is 314 g/mol. The van der Waals surface area contributed by atoms with Crippen molar-refractivity contribution in [3.8, 4) is 0 Å². The van der Waals surface area contributed by atoms with Gasteiger partial charge in [0, 0.05) is 6.54 Å². The third-order valence-electron chi connectivity index (χ3n) is 5.93. The summed E-state index contributed by atoms with van der Waals surface area (Å²) in [6.07, 6.45) is 11.8. The number of fused-ring (bicyclic) bond motifs is 1. The lowest BCUT2D eigenvalue weighted by molar-refractivity contribution is -0.158. The summed E-state index contributed by atoms with van der Waals surface area (Å²) < 4.78 is 30.9. The maximum absolute atomic E-state index is 12.6. The van der Waals surface area contributed by atoms with E-state index in [0.29, 0.717) is 18.9 Å². The maximum Gasteiger partial charge on any atom is 0.324 e. The Balaban J connectivity index is 1.59. The van der Waals surface area contributed by atoms with Crippen molar-refractivity contribution in [2.24, 2.45) is 11.8 Å². The molecule has 0 radical (unpaired) electrons. The van der Waals surface area contributed by atoms with Gasteiger partial charge in [0.25, 0.3) is 0 Å². The van der Waals surface area contributed by atoms with Gasteiger partial charge in [0.2, 0.25) is 10.0 Å². The lowest BCUT2D eigenvalue weighted by Crippen LogP contribution is -2.49. The maximum atomic E-state index is 12.6. The van der Waals surface area contributed by atoms with E-state index in [0.717, 1.165) is 38.0 Å². The molecule has 23 heavy (non-hydrogen) atoms. The second-order valence-corrected chi connectivity index (χ2v) is 9.50. The molecule has 3 fully saturated rings. The van der Waals surface area contributed by atoms with Gasteiger partial charge >= 0.3 is 5.97 Å². The molecule has 0 aromatic heterocycles. The number of nitrogens with zero attached hydrogens (tertiary/aromatic N) is 1. The normalized spacial score (nSPS) is 36.2. The van der Waals surface area contributed by atoms with Gasteiger partial charge in [-0.05, 0) is 50.4 Å². The summed E-state index contributed by atoms with van der Waals surface area (Å²) in [6.45, 7) is 0.438. The van der Waals surface area contributed by atoms with E-state index in [1.807, 2.05) is 0 Å². The number of carbonyl (C=O) groups excluding carboxylic acids is 1. The molecule has 0 unspecified atom stereocenters. The van der Waals surface area contributed by atoms with Crippen molar-refractivity contribution in [3.63, 3.8) is 0 Å². The standard InChI is InChI=1S/C17H29NO4S/c1-23(20,21)18-11-5-4-8-16(18)17(19)22-15-10-9-13-6-2-3-7-14(13)12-15/h13-16H,2-12H2,1H3/t13-,14+,15-,16-/m1/s1. The Morgan fingerprint density at radius 2 is 1.65 bits per heavy atom. The number of hydrogen-bond donors (Lipinski definition) is 0. The number of sulfonamides is 1. The molecule has 1 saturated heterocycles. The Morgan fingerprint density at radius 3 is 2.39 bits per heavy atom. The van der Waals surface area contributed by atoms with E-state index in [2.05, 4.69) is 0 Å². The van der Waals surface area contributed by atoms with E-state index in [4.69, 9.17) is 4.74 Å². The van der Waals surface area contributed by atoms with Crippen LogP contribution in [0.3, 0.4) is 0 Å². The summed E-state index contributed by atoms with van der Waals surface area (Å²) >= 11 is 0. The predicted molar refractivity (Wildman–Crippen MR) is 88.4 cm³/mol. The van der Waals surface area contributed by atoms with Gasteiger partial charge in [-0.25, -0.2) is 8.42 Å². The molecule has 0 bridgehead atoms. The molecule has 132 valence electrons. The highest BCUT2D eigenvalue weighted by Crippen LogP contribution is 2.41. The van der Waals surface area contributed by atoms with E-state index in [9.17, 15) is 13.2 Å². The minimum absolute atomic E-state index is 0.00909. The van der Waals surface area contributed by atoms with Gasteiger partial charge in [-0.3, -0.25) is 4.79 Å².